The third-order valence-corrected chi connectivity index (χ3v) is 1.19. The van der Waals surface area contributed by atoms with Crippen LogP contribution >= 0.6 is 0 Å². The van der Waals surface area contributed by atoms with Gasteiger partial charge in [0.25, 0.3) is 0 Å². The highest BCUT2D eigenvalue weighted by Gasteiger charge is 2.25. The summed E-state index contributed by atoms with van der Waals surface area (Å²) in [5.74, 6) is -0.719. The molecule has 10 heavy (non-hydrogen) atoms. The Labute approximate surface area is 56.9 Å². The minimum absolute atomic E-state index is 0.268. The number of nitrogens with one attached hydrogen (secondary N) is 2. The Morgan fingerprint density at radius 1 is 1.60 bits per heavy atom. The van der Waals surface area contributed by atoms with Gasteiger partial charge in [-0.2, -0.15) is 0 Å². The molecule has 1 atom stereocenters. The molecule has 0 fully saturated rings. The highest BCUT2D eigenvalue weighted by atomic mass is 16.5. The number of rotatable bonds is 0. The Kier molecular flexibility index (Phi) is 1.52. The molecule has 54 valence electrons. The topological polar surface area (TPSA) is 73.7 Å². The van der Waals surface area contributed by atoms with Gasteiger partial charge in [-0.3, -0.25) is 5.32 Å². The molecule has 1 heterocycles. The molecule has 1 rings (SSSR count). The van der Waals surface area contributed by atoms with Crippen molar-refractivity contribution in [1.29, 1.82) is 0 Å². The van der Waals surface area contributed by atoms with Crippen LogP contribution in [0.3, 0.4) is 0 Å². The predicted molar refractivity (Wildman–Crippen MR) is 31.6 cm³/mol. The Hall–Kier alpha value is -1.20. The van der Waals surface area contributed by atoms with Gasteiger partial charge in [0.05, 0.1) is 5.57 Å². The molecule has 5 heteroatoms. The summed E-state index contributed by atoms with van der Waals surface area (Å²) in [5.41, 5.74) is 0.268. The van der Waals surface area contributed by atoms with Gasteiger partial charge in [-0.15, -0.1) is 0 Å². The molecule has 0 spiro atoms. The zero-order chi connectivity index (χ0) is 7.72. The molecule has 3 amide bonds. The van der Waals surface area contributed by atoms with Gasteiger partial charge in [0.15, 0.2) is 0 Å². The number of imide groups is 1. The molecule has 0 aliphatic carbocycles. The van der Waals surface area contributed by atoms with E-state index in [9.17, 15) is 14.8 Å². The van der Waals surface area contributed by atoms with Crippen LogP contribution in [0, 0.1) is 5.21 Å². The highest BCUT2D eigenvalue weighted by Crippen LogP contribution is 1.89. The predicted octanol–water partition coefficient (Wildman–Crippen LogP) is -1.48. The number of hydrogen-bond acceptors (Lipinski definition) is 3. The van der Waals surface area contributed by atoms with Crippen LogP contribution in [-0.2, 0) is 4.79 Å². The quantitative estimate of drug-likeness (QED) is 0.405. The van der Waals surface area contributed by atoms with Crippen molar-refractivity contribution < 1.29 is 14.7 Å². The number of carbonyl (C=O) groups is 2. The molecule has 5 nitrogen and oxygen atoms in total. The first kappa shape index (κ1) is 6.91. The normalized spacial score (nSPS) is 25.8. The fourth-order valence-corrected chi connectivity index (χ4v) is 0.587. The number of urea groups is 1. The number of quaternary nitrogens is 1. The molecule has 1 aliphatic rings. The second kappa shape index (κ2) is 2.20. The molecule has 0 saturated carbocycles. The van der Waals surface area contributed by atoms with Crippen molar-refractivity contribution in [3.05, 3.63) is 17.0 Å². The summed E-state index contributed by atoms with van der Waals surface area (Å²) in [7, 11) is 0. The molecule has 0 aromatic heterocycles. The van der Waals surface area contributed by atoms with Crippen molar-refractivity contribution in [1.82, 2.24) is 5.32 Å². The van der Waals surface area contributed by atoms with Gasteiger partial charge in [0.1, 0.15) is 0 Å². The number of amides is 3. The van der Waals surface area contributed by atoms with E-state index in [2.05, 4.69) is 5.32 Å². The second-order valence-electron chi connectivity index (χ2n) is 1.96. The van der Waals surface area contributed by atoms with Crippen molar-refractivity contribution in [2.24, 2.45) is 0 Å². The highest BCUT2D eigenvalue weighted by molar-refractivity contribution is 5.94. The fourth-order valence-electron chi connectivity index (χ4n) is 0.587. The van der Waals surface area contributed by atoms with Crippen LogP contribution in [-0.4, -0.2) is 11.9 Å². The Morgan fingerprint density at radius 3 is 2.70 bits per heavy atom. The zero-order valence-corrected chi connectivity index (χ0v) is 5.30. The average molecular weight is 142 g/mol. The zero-order valence-electron chi connectivity index (χ0n) is 5.30. The Morgan fingerprint density at radius 2 is 2.20 bits per heavy atom. The Bertz CT molecular complexity index is 221. The van der Waals surface area contributed by atoms with E-state index in [4.69, 9.17) is 0 Å². The summed E-state index contributed by atoms with van der Waals surface area (Å²) in [6.45, 7) is 1.47. The molecule has 0 aromatic rings. The van der Waals surface area contributed by atoms with Crippen LogP contribution in [0.4, 0.5) is 4.79 Å². The summed E-state index contributed by atoms with van der Waals surface area (Å²) in [6.07, 6.45) is 1.23. The van der Waals surface area contributed by atoms with Gasteiger partial charge in [0.2, 0.25) is 0 Å². The van der Waals surface area contributed by atoms with E-state index in [1.807, 2.05) is 0 Å². The standard InChI is InChI=1S/C5H6N2O3/c1-3-2-6-5(9)7(10)4(3)8/h2,7H,1H3,(H,6,9). The SMILES string of the molecule is CC1=CNC(=O)[NH+]([O-])C1=O. The number of carbonyl (C=O) groups excluding carboxylic acids is 2. The van der Waals surface area contributed by atoms with Crippen LogP contribution in [0.1, 0.15) is 6.92 Å². The number of hydrogen-bond donors (Lipinski definition) is 2. The molecular formula is C5H6N2O3. The third-order valence-electron chi connectivity index (χ3n) is 1.19. The first-order valence-corrected chi connectivity index (χ1v) is 2.69. The first-order valence-electron chi connectivity index (χ1n) is 2.69. The molecule has 0 aromatic carbocycles. The summed E-state index contributed by atoms with van der Waals surface area (Å²) in [5, 5.41) is 11.7. The minimum Gasteiger partial charge on any atom is -0.617 e. The number of hydroxylamine groups is 2. The van der Waals surface area contributed by atoms with Crippen LogP contribution in [0.2, 0.25) is 0 Å². The van der Waals surface area contributed by atoms with E-state index in [0.717, 1.165) is 0 Å². The summed E-state index contributed by atoms with van der Waals surface area (Å²) >= 11 is 0. The lowest BCUT2D eigenvalue weighted by Gasteiger charge is -2.19. The molecule has 0 radical (unpaired) electrons. The lowest BCUT2D eigenvalue weighted by molar-refractivity contribution is -0.670. The van der Waals surface area contributed by atoms with Crippen molar-refractivity contribution in [3.63, 3.8) is 0 Å². The van der Waals surface area contributed by atoms with Crippen molar-refractivity contribution >= 4 is 11.9 Å². The maximum absolute atomic E-state index is 10.7. The monoisotopic (exact) mass is 142 g/mol. The van der Waals surface area contributed by atoms with Gasteiger partial charge in [-0.1, -0.05) is 0 Å². The maximum Gasteiger partial charge on any atom is 0.426 e. The molecule has 0 bridgehead atoms. The molecular weight excluding hydrogens is 136 g/mol. The summed E-state index contributed by atoms with van der Waals surface area (Å²) in [4.78, 5) is 21.1. The van der Waals surface area contributed by atoms with Crippen molar-refractivity contribution in [2.45, 2.75) is 6.92 Å². The summed E-state index contributed by atoms with van der Waals surface area (Å²) in [6, 6.07) is -0.851. The lowest BCUT2D eigenvalue weighted by Crippen LogP contribution is -3.15. The van der Waals surface area contributed by atoms with Crippen molar-refractivity contribution in [3.8, 4) is 0 Å². The van der Waals surface area contributed by atoms with Gasteiger partial charge in [-0.25, -0.2) is 14.7 Å². The van der Waals surface area contributed by atoms with Crippen molar-refractivity contribution in [2.75, 3.05) is 0 Å². The second-order valence-corrected chi connectivity index (χ2v) is 1.96. The molecule has 0 saturated heterocycles. The maximum atomic E-state index is 10.7. The first-order chi connectivity index (χ1) is 4.63. The van der Waals surface area contributed by atoms with Crippen LogP contribution < -0.4 is 10.4 Å². The minimum atomic E-state index is -0.986. The summed E-state index contributed by atoms with van der Waals surface area (Å²) < 4.78 is 0. The largest absolute Gasteiger partial charge is 0.617 e. The van der Waals surface area contributed by atoms with Gasteiger partial charge >= 0.3 is 11.9 Å². The Balaban J connectivity index is 2.91. The molecule has 1 aliphatic heterocycles. The van der Waals surface area contributed by atoms with Gasteiger partial charge < -0.3 is 5.21 Å². The van der Waals surface area contributed by atoms with Crippen LogP contribution in [0.5, 0.6) is 0 Å². The van der Waals surface area contributed by atoms with E-state index in [1.54, 1.807) is 0 Å². The average Bonchev–Trinajstić information content (AvgIpc) is 1.93. The smallest absolute Gasteiger partial charge is 0.426 e. The van der Waals surface area contributed by atoms with E-state index in [1.165, 1.54) is 13.1 Å². The lowest BCUT2D eigenvalue weighted by atomic mass is 10.3. The van der Waals surface area contributed by atoms with Gasteiger partial charge in [0, 0.05) is 6.20 Å². The van der Waals surface area contributed by atoms with E-state index in [-0.39, 0.29) is 5.57 Å². The van der Waals surface area contributed by atoms with E-state index < -0.39 is 17.0 Å². The van der Waals surface area contributed by atoms with E-state index in [0.29, 0.717) is 0 Å². The van der Waals surface area contributed by atoms with Crippen LogP contribution in [0.25, 0.3) is 0 Å². The molecule has 2 N–H and O–H groups in total. The third kappa shape index (κ3) is 0.916. The molecule has 1 unspecified atom stereocenters. The van der Waals surface area contributed by atoms with Crippen LogP contribution in [0.15, 0.2) is 11.8 Å². The fraction of sp³-hybridized carbons (Fsp3) is 0.200. The van der Waals surface area contributed by atoms with E-state index >= 15 is 0 Å². The van der Waals surface area contributed by atoms with Gasteiger partial charge in [-0.05, 0) is 6.92 Å².